The van der Waals surface area contributed by atoms with Gasteiger partial charge in [0.25, 0.3) is 0 Å². The van der Waals surface area contributed by atoms with E-state index < -0.39 is 0 Å². The summed E-state index contributed by atoms with van der Waals surface area (Å²) in [4.78, 5) is 4.34. The number of unbranched alkanes of at least 4 members (excludes halogenated alkanes) is 1. The fourth-order valence-corrected chi connectivity index (χ4v) is 3.28. The Morgan fingerprint density at radius 1 is 1.04 bits per heavy atom. The molecule has 0 radical (unpaired) electrons. The SMILES string of the molecule is CCCCc1nc(Cl)nn1Cc1ccc(-c2cccc(-c3nnn[nH]3)c2)cc1. The van der Waals surface area contributed by atoms with E-state index in [9.17, 15) is 0 Å². The lowest BCUT2D eigenvalue weighted by Gasteiger charge is -2.08. The number of H-pyrrole nitrogens is 1. The van der Waals surface area contributed by atoms with E-state index in [1.807, 2.05) is 16.8 Å². The van der Waals surface area contributed by atoms with Gasteiger partial charge in [0.15, 0.2) is 5.82 Å². The Bertz CT molecular complexity index is 1040. The highest BCUT2D eigenvalue weighted by molar-refractivity contribution is 6.28. The van der Waals surface area contributed by atoms with Crippen molar-refractivity contribution in [3.63, 3.8) is 0 Å². The first kappa shape index (κ1) is 18.3. The fourth-order valence-electron chi connectivity index (χ4n) is 3.09. The van der Waals surface area contributed by atoms with E-state index in [4.69, 9.17) is 11.6 Å². The van der Waals surface area contributed by atoms with E-state index in [1.165, 1.54) is 0 Å². The molecular formula is C20H20ClN7. The molecule has 0 amide bonds. The summed E-state index contributed by atoms with van der Waals surface area (Å²) < 4.78 is 1.89. The normalized spacial score (nSPS) is 11.1. The van der Waals surface area contributed by atoms with E-state index in [0.717, 1.165) is 47.3 Å². The fraction of sp³-hybridized carbons (Fsp3) is 0.250. The van der Waals surface area contributed by atoms with Crippen LogP contribution >= 0.6 is 11.6 Å². The Morgan fingerprint density at radius 3 is 2.61 bits per heavy atom. The molecule has 0 aliphatic rings. The third kappa shape index (κ3) is 4.09. The van der Waals surface area contributed by atoms with Crippen molar-refractivity contribution in [2.75, 3.05) is 0 Å². The molecule has 0 fully saturated rings. The molecule has 0 atom stereocenters. The van der Waals surface area contributed by atoms with E-state index in [-0.39, 0.29) is 0 Å². The summed E-state index contributed by atoms with van der Waals surface area (Å²) in [5.74, 6) is 1.59. The van der Waals surface area contributed by atoms with Crippen molar-refractivity contribution in [3.8, 4) is 22.5 Å². The summed E-state index contributed by atoms with van der Waals surface area (Å²) >= 11 is 6.01. The van der Waals surface area contributed by atoms with Crippen molar-refractivity contribution in [2.45, 2.75) is 32.7 Å². The van der Waals surface area contributed by atoms with Crippen molar-refractivity contribution in [1.82, 2.24) is 35.4 Å². The molecule has 2 aromatic heterocycles. The van der Waals surface area contributed by atoms with Crippen molar-refractivity contribution in [3.05, 3.63) is 65.2 Å². The van der Waals surface area contributed by atoms with Gasteiger partial charge in [0.05, 0.1) is 6.54 Å². The molecule has 0 bridgehead atoms. The van der Waals surface area contributed by atoms with Gasteiger partial charge in [-0.1, -0.05) is 55.8 Å². The van der Waals surface area contributed by atoms with E-state index >= 15 is 0 Å². The van der Waals surface area contributed by atoms with Gasteiger partial charge in [-0.25, -0.2) is 14.8 Å². The van der Waals surface area contributed by atoms with Gasteiger partial charge >= 0.3 is 0 Å². The molecule has 0 saturated carbocycles. The van der Waals surface area contributed by atoms with Gasteiger partial charge in [0.2, 0.25) is 5.28 Å². The van der Waals surface area contributed by atoms with Crippen LogP contribution in [0.25, 0.3) is 22.5 Å². The third-order valence-corrected chi connectivity index (χ3v) is 4.74. The average molecular weight is 394 g/mol. The first-order valence-electron chi connectivity index (χ1n) is 9.25. The van der Waals surface area contributed by atoms with E-state index in [0.29, 0.717) is 17.7 Å². The minimum atomic E-state index is 0.307. The Morgan fingerprint density at radius 2 is 1.86 bits per heavy atom. The highest BCUT2D eigenvalue weighted by Crippen LogP contribution is 2.24. The first-order valence-corrected chi connectivity index (χ1v) is 9.63. The number of hydrogen-bond donors (Lipinski definition) is 1. The lowest BCUT2D eigenvalue weighted by molar-refractivity contribution is 0.618. The standard InChI is InChI=1S/C20H20ClN7/c1-2-3-7-18-22-20(21)25-28(18)13-14-8-10-15(11-9-14)16-5-4-6-17(12-16)19-23-26-27-24-19/h4-6,8-12H,2-3,7,13H2,1H3,(H,23,24,26,27). The van der Waals surface area contributed by atoms with Gasteiger partial charge in [-0.05, 0) is 51.2 Å². The Labute approximate surface area is 167 Å². The molecule has 0 aliphatic heterocycles. The number of aromatic amines is 1. The molecule has 0 unspecified atom stereocenters. The number of nitrogens with one attached hydrogen (secondary N) is 1. The maximum absolute atomic E-state index is 6.01. The summed E-state index contributed by atoms with van der Waals surface area (Å²) in [5.41, 5.74) is 4.33. The largest absolute Gasteiger partial charge is 0.244 e. The van der Waals surface area contributed by atoms with Gasteiger partial charge in [-0.15, -0.1) is 10.2 Å². The molecule has 8 heteroatoms. The maximum atomic E-state index is 6.01. The van der Waals surface area contributed by atoms with Crippen LogP contribution in [0, 0.1) is 0 Å². The van der Waals surface area contributed by atoms with Crippen LogP contribution in [0.15, 0.2) is 48.5 Å². The predicted molar refractivity (Wildman–Crippen MR) is 108 cm³/mol. The Balaban J connectivity index is 1.53. The first-order chi connectivity index (χ1) is 13.7. The summed E-state index contributed by atoms with van der Waals surface area (Å²) in [6, 6.07) is 16.5. The van der Waals surface area contributed by atoms with Crippen molar-refractivity contribution < 1.29 is 0 Å². The van der Waals surface area contributed by atoms with Crippen molar-refractivity contribution in [2.24, 2.45) is 0 Å². The van der Waals surface area contributed by atoms with Gasteiger partial charge in [0.1, 0.15) is 5.82 Å². The highest BCUT2D eigenvalue weighted by atomic mass is 35.5. The van der Waals surface area contributed by atoms with Gasteiger partial charge in [-0.3, -0.25) is 0 Å². The van der Waals surface area contributed by atoms with Crippen LogP contribution in [-0.2, 0) is 13.0 Å². The second-order valence-corrected chi connectivity index (χ2v) is 6.92. The molecule has 7 nitrogen and oxygen atoms in total. The molecule has 28 heavy (non-hydrogen) atoms. The zero-order valence-electron chi connectivity index (χ0n) is 15.5. The summed E-state index contributed by atoms with van der Waals surface area (Å²) in [7, 11) is 0. The average Bonchev–Trinajstić information content (AvgIpc) is 3.37. The van der Waals surface area contributed by atoms with E-state index in [2.05, 4.69) is 74.0 Å². The molecule has 2 heterocycles. The van der Waals surface area contributed by atoms with Gasteiger partial charge in [0, 0.05) is 12.0 Å². The monoisotopic (exact) mass is 393 g/mol. The molecule has 4 aromatic rings. The smallest absolute Gasteiger partial charge is 0.242 e. The molecule has 4 rings (SSSR count). The minimum Gasteiger partial charge on any atom is -0.244 e. The number of aryl methyl sites for hydroxylation is 1. The van der Waals surface area contributed by atoms with Crippen molar-refractivity contribution in [1.29, 1.82) is 0 Å². The van der Waals surface area contributed by atoms with Gasteiger partial charge in [-0.2, -0.15) is 0 Å². The Hall–Kier alpha value is -3.06. The zero-order chi connectivity index (χ0) is 19.3. The molecule has 1 N–H and O–H groups in total. The summed E-state index contributed by atoms with van der Waals surface area (Å²) in [5, 5.41) is 18.7. The minimum absolute atomic E-state index is 0.307. The molecule has 0 aliphatic carbocycles. The highest BCUT2D eigenvalue weighted by Gasteiger charge is 2.09. The number of halogens is 1. The lowest BCUT2D eigenvalue weighted by atomic mass is 10.0. The molecule has 2 aromatic carbocycles. The quantitative estimate of drug-likeness (QED) is 0.509. The number of hydrogen-bond acceptors (Lipinski definition) is 5. The van der Waals surface area contributed by atoms with E-state index in [1.54, 1.807) is 0 Å². The van der Waals surface area contributed by atoms with Crippen LogP contribution in [0.4, 0.5) is 0 Å². The van der Waals surface area contributed by atoms with Crippen molar-refractivity contribution >= 4 is 11.6 Å². The number of aromatic nitrogens is 7. The van der Waals surface area contributed by atoms with Crippen LogP contribution in [0.5, 0.6) is 0 Å². The summed E-state index contributed by atoms with van der Waals surface area (Å²) in [6.45, 7) is 2.82. The number of rotatable bonds is 7. The molecule has 0 saturated heterocycles. The van der Waals surface area contributed by atoms with Crippen LogP contribution < -0.4 is 0 Å². The maximum Gasteiger partial charge on any atom is 0.242 e. The number of nitrogens with zero attached hydrogens (tertiary/aromatic N) is 6. The van der Waals surface area contributed by atoms with Gasteiger partial charge < -0.3 is 0 Å². The lowest BCUT2D eigenvalue weighted by Crippen LogP contribution is -2.07. The topological polar surface area (TPSA) is 85.2 Å². The molecular weight excluding hydrogens is 374 g/mol. The van der Waals surface area contributed by atoms with Crippen LogP contribution in [0.3, 0.4) is 0 Å². The van der Waals surface area contributed by atoms with Crippen LogP contribution in [0.2, 0.25) is 5.28 Å². The number of benzene rings is 2. The molecule has 0 spiro atoms. The second kappa shape index (κ2) is 8.31. The summed E-state index contributed by atoms with van der Waals surface area (Å²) in [6.07, 6.45) is 3.07. The molecule has 142 valence electrons. The Kier molecular flexibility index (Phi) is 5.43. The predicted octanol–water partition coefficient (Wildman–Crippen LogP) is 4.17. The van der Waals surface area contributed by atoms with Crippen LogP contribution in [-0.4, -0.2) is 35.4 Å². The van der Waals surface area contributed by atoms with Crippen LogP contribution in [0.1, 0.15) is 31.2 Å². The zero-order valence-corrected chi connectivity index (χ0v) is 16.3. The number of tetrazole rings is 1. The third-order valence-electron chi connectivity index (χ3n) is 4.58. The second-order valence-electron chi connectivity index (χ2n) is 6.59.